The molecule has 0 bridgehead atoms. The molecule has 0 unspecified atom stereocenters. The van der Waals surface area contributed by atoms with Crippen LogP contribution in [0.3, 0.4) is 0 Å². The third kappa shape index (κ3) is 4.57. The highest BCUT2D eigenvalue weighted by Gasteiger charge is 2.03. The first-order valence-corrected chi connectivity index (χ1v) is 7.95. The summed E-state index contributed by atoms with van der Waals surface area (Å²) in [7, 11) is 0. The van der Waals surface area contributed by atoms with Crippen molar-refractivity contribution in [1.29, 1.82) is 0 Å². The highest BCUT2D eigenvalue weighted by Crippen LogP contribution is 2.23. The van der Waals surface area contributed by atoms with Gasteiger partial charge in [0.15, 0.2) is 0 Å². The Morgan fingerprint density at radius 3 is 2.74 bits per heavy atom. The van der Waals surface area contributed by atoms with Gasteiger partial charge in [0.05, 0.1) is 17.4 Å². The van der Waals surface area contributed by atoms with Gasteiger partial charge in [-0.15, -0.1) is 12.4 Å². The maximum Gasteiger partial charge on any atom is 0.0931 e. The molecule has 2 N–H and O–H groups in total. The van der Waals surface area contributed by atoms with Crippen molar-refractivity contribution in [3.63, 3.8) is 0 Å². The van der Waals surface area contributed by atoms with Crippen molar-refractivity contribution >= 4 is 23.4 Å². The van der Waals surface area contributed by atoms with E-state index in [-0.39, 0.29) is 12.4 Å². The minimum Gasteiger partial charge on any atom is -0.345 e. The van der Waals surface area contributed by atoms with Gasteiger partial charge in [-0.1, -0.05) is 38.1 Å². The summed E-state index contributed by atoms with van der Waals surface area (Å²) in [5.74, 6) is 0.749. The monoisotopic (exact) mass is 329 g/mol. The molecule has 0 spiro atoms. The molecule has 1 aromatic heterocycles. The van der Waals surface area contributed by atoms with Crippen molar-refractivity contribution in [2.24, 2.45) is 5.92 Å². The fraction of sp³-hybridized carbons (Fsp3) is 0.316. The minimum atomic E-state index is 0. The van der Waals surface area contributed by atoms with E-state index in [1.165, 1.54) is 23.1 Å². The first-order chi connectivity index (χ1) is 10.7. The van der Waals surface area contributed by atoms with Crippen LogP contribution in [0.25, 0.3) is 22.2 Å². The highest BCUT2D eigenvalue weighted by atomic mass is 35.5. The fourth-order valence-electron chi connectivity index (χ4n) is 2.60. The summed E-state index contributed by atoms with van der Waals surface area (Å²) < 4.78 is 0. The second-order valence-corrected chi connectivity index (χ2v) is 6.19. The number of H-pyrrole nitrogens is 1. The van der Waals surface area contributed by atoms with Gasteiger partial charge < -0.3 is 10.3 Å². The van der Waals surface area contributed by atoms with Gasteiger partial charge in [0, 0.05) is 6.54 Å². The maximum absolute atomic E-state index is 4.34. The summed E-state index contributed by atoms with van der Waals surface area (Å²) in [6.07, 6.45) is 2.96. The molecule has 0 aliphatic heterocycles. The Morgan fingerprint density at radius 2 is 1.91 bits per heavy atom. The lowest BCUT2D eigenvalue weighted by Crippen LogP contribution is -2.16. The van der Waals surface area contributed by atoms with Crippen LogP contribution in [-0.4, -0.2) is 16.5 Å². The molecule has 3 rings (SSSR count). The van der Waals surface area contributed by atoms with Crippen LogP contribution >= 0.6 is 12.4 Å². The van der Waals surface area contributed by atoms with Crippen molar-refractivity contribution in [3.05, 3.63) is 54.4 Å². The van der Waals surface area contributed by atoms with Crippen LogP contribution in [0.1, 0.15) is 25.8 Å². The van der Waals surface area contributed by atoms with Gasteiger partial charge in [0.1, 0.15) is 0 Å². The Morgan fingerprint density at radius 1 is 1.09 bits per heavy atom. The maximum atomic E-state index is 4.34. The largest absolute Gasteiger partial charge is 0.345 e. The first-order valence-electron chi connectivity index (χ1n) is 7.95. The number of rotatable bonds is 6. The summed E-state index contributed by atoms with van der Waals surface area (Å²) >= 11 is 0. The van der Waals surface area contributed by atoms with Gasteiger partial charge in [0.2, 0.25) is 0 Å². The zero-order valence-corrected chi connectivity index (χ0v) is 14.5. The van der Waals surface area contributed by atoms with E-state index in [1.807, 2.05) is 0 Å². The van der Waals surface area contributed by atoms with Crippen LogP contribution < -0.4 is 5.32 Å². The van der Waals surface area contributed by atoms with Gasteiger partial charge in [0.25, 0.3) is 0 Å². The molecule has 2 aromatic carbocycles. The molecule has 0 fully saturated rings. The number of aromatic amines is 1. The average Bonchev–Trinajstić information content (AvgIpc) is 2.99. The number of halogens is 1. The molecule has 0 radical (unpaired) electrons. The van der Waals surface area contributed by atoms with Crippen LogP contribution in [-0.2, 0) is 6.54 Å². The minimum absolute atomic E-state index is 0. The third-order valence-electron chi connectivity index (χ3n) is 3.91. The van der Waals surface area contributed by atoms with Crippen LogP contribution in [0.2, 0.25) is 0 Å². The molecule has 0 aliphatic carbocycles. The summed E-state index contributed by atoms with van der Waals surface area (Å²) in [4.78, 5) is 7.47. The van der Waals surface area contributed by atoms with E-state index >= 15 is 0 Å². The van der Waals surface area contributed by atoms with E-state index in [0.717, 1.165) is 30.0 Å². The Balaban J connectivity index is 0.00000192. The molecule has 3 aromatic rings. The zero-order chi connectivity index (χ0) is 15.4. The quantitative estimate of drug-likeness (QED) is 0.638. The molecule has 0 atom stereocenters. The lowest BCUT2D eigenvalue weighted by Gasteiger charge is -2.09. The molecular formula is C19H24ClN3. The van der Waals surface area contributed by atoms with Gasteiger partial charge >= 0.3 is 0 Å². The molecule has 0 saturated heterocycles. The summed E-state index contributed by atoms with van der Waals surface area (Å²) in [6, 6.07) is 15.1. The zero-order valence-electron chi connectivity index (χ0n) is 13.7. The number of benzene rings is 2. The van der Waals surface area contributed by atoms with Crippen molar-refractivity contribution < 1.29 is 0 Å². The van der Waals surface area contributed by atoms with Crippen molar-refractivity contribution in [2.45, 2.75) is 26.8 Å². The fourth-order valence-corrected chi connectivity index (χ4v) is 2.60. The normalized spacial score (nSPS) is 10.9. The van der Waals surface area contributed by atoms with Crippen LogP contribution in [0.15, 0.2) is 48.8 Å². The van der Waals surface area contributed by atoms with E-state index in [1.54, 1.807) is 6.33 Å². The number of fused-ring (bicyclic) bond motifs is 1. The van der Waals surface area contributed by atoms with Gasteiger partial charge in [-0.25, -0.2) is 4.98 Å². The van der Waals surface area contributed by atoms with E-state index in [4.69, 9.17) is 0 Å². The molecule has 122 valence electrons. The third-order valence-corrected chi connectivity index (χ3v) is 3.91. The second-order valence-electron chi connectivity index (χ2n) is 6.19. The standard InChI is InChI=1S/C19H23N3.ClH/c1-14(2)8-9-20-12-15-4-3-5-16(10-15)17-6-7-18-19(11-17)22-13-21-18;/h3-7,10-11,13-14,20H,8-9,12H2,1-2H3,(H,21,22);1H. The topological polar surface area (TPSA) is 40.7 Å². The Hall–Kier alpha value is -1.84. The predicted octanol–water partition coefficient (Wildman–Crippen LogP) is 4.79. The molecule has 0 saturated carbocycles. The molecule has 1 heterocycles. The molecule has 4 heteroatoms. The molecule has 0 amide bonds. The van der Waals surface area contributed by atoms with Gasteiger partial charge in [-0.05, 0) is 53.8 Å². The Labute approximate surface area is 143 Å². The van der Waals surface area contributed by atoms with E-state index in [2.05, 4.69) is 71.6 Å². The number of hydrogen-bond donors (Lipinski definition) is 2. The van der Waals surface area contributed by atoms with Crippen molar-refractivity contribution in [1.82, 2.24) is 15.3 Å². The molecular weight excluding hydrogens is 306 g/mol. The van der Waals surface area contributed by atoms with E-state index in [9.17, 15) is 0 Å². The van der Waals surface area contributed by atoms with Gasteiger partial charge in [-0.3, -0.25) is 0 Å². The highest BCUT2D eigenvalue weighted by molar-refractivity contribution is 5.85. The number of aromatic nitrogens is 2. The number of nitrogens with zero attached hydrogens (tertiary/aromatic N) is 1. The smallest absolute Gasteiger partial charge is 0.0931 e. The lowest BCUT2D eigenvalue weighted by atomic mass is 10.0. The Bertz CT molecular complexity index is 749. The lowest BCUT2D eigenvalue weighted by molar-refractivity contribution is 0.537. The van der Waals surface area contributed by atoms with Gasteiger partial charge in [-0.2, -0.15) is 0 Å². The number of nitrogens with one attached hydrogen (secondary N) is 2. The number of hydrogen-bond acceptors (Lipinski definition) is 2. The SMILES string of the molecule is CC(C)CCNCc1cccc(-c2ccc3[nH]cnc3c2)c1.Cl. The van der Waals surface area contributed by atoms with Crippen LogP contribution in [0.4, 0.5) is 0 Å². The summed E-state index contributed by atoms with van der Waals surface area (Å²) in [5, 5.41) is 3.52. The molecule has 23 heavy (non-hydrogen) atoms. The molecule has 0 aliphatic rings. The summed E-state index contributed by atoms with van der Waals surface area (Å²) in [6.45, 7) is 6.51. The van der Waals surface area contributed by atoms with Crippen molar-refractivity contribution in [3.8, 4) is 11.1 Å². The Kier molecular flexibility index (Phi) is 6.20. The predicted molar refractivity (Wildman–Crippen MR) is 99.9 cm³/mol. The number of imidazole rings is 1. The van der Waals surface area contributed by atoms with Crippen molar-refractivity contribution in [2.75, 3.05) is 6.54 Å². The van der Waals surface area contributed by atoms with Crippen LogP contribution in [0, 0.1) is 5.92 Å². The first kappa shape index (κ1) is 17.5. The average molecular weight is 330 g/mol. The van der Waals surface area contributed by atoms with E-state index in [0.29, 0.717) is 0 Å². The summed E-state index contributed by atoms with van der Waals surface area (Å²) in [5.41, 5.74) is 5.87. The second kappa shape index (κ2) is 8.14. The van der Waals surface area contributed by atoms with E-state index < -0.39 is 0 Å². The van der Waals surface area contributed by atoms with Crippen LogP contribution in [0.5, 0.6) is 0 Å². The molecule has 3 nitrogen and oxygen atoms in total.